The summed E-state index contributed by atoms with van der Waals surface area (Å²) in [4.78, 5) is 11.3. The number of carbonyl (C=O) groups excluding carboxylic acids is 1. The van der Waals surface area contributed by atoms with Crippen molar-refractivity contribution < 1.29 is 9.18 Å². The first-order valence-corrected chi connectivity index (χ1v) is 4.84. The molecule has 0 aliphatic rings. The first kappa shape index (κ1) is 12.4. The molecule has 0 aromatic rings. The molecular formula is C10H20FNO. The summed E-state index contributed by atoms with van der Waals surface area (Å²) in [5.74, 6) is -2.14. The van der Waals surface area contributed by atoms with E-state index in [2.05, 4.69) is 5.32 Å². The van der Waals surface area contributed by atoms with Gasteiger partial charge < -0.3 is 5.32 Å². The summed E-state index contributed by atoms with van der Waals surface area (Å²) in [6.07, 6.45) is 0.309. The van der Waals surface area contributed by atoms with Crippen LogP contribution in [0.3, 0.4) is 0 Å². The molecule has 0 fully saturated rings. The van der Waals surface area contributed by atoms with Gasteiger partial charge in [0.25, 0.3) is 0 Å². The predicted octanol–water partition coefficient (Wildman–Crippen LogP) is 2.49. The molecule has 0 aliphatic heterocycles. The normalized spacial score (nSPS) is 16.0. The molecule has 0 unspecified atom stereocenters. The van der Waals surface area contributed by atoms with Gasteiger partial charge in [-0.3, -0.25) is 4.79 Å². The van der Waals surface area contributed by atoms with Crippen LogP contribution in [0.1, 0.15) is 41.0 Å². The molecule has 0 heterocycles. The molecule has 2 nitrogen and oxygen atoms in total. The molecule has 3 heteroatoms. The Hall–Kier alpha value is -0.600. The highest BCUT2D eigenvalue weighted by Crippen LogP contribution is 2.22. The van der Waals surface area contributed by atoms with Gasteiger partial charge in [-0.25, -0.2) is 4.39 Å². The van der Waals surface area contributed by atoms with Gasteiger partial charge in [0, 0.05) is 11.8 Å². The van der Waals surface area contributed by atoms with E-state index in [0.29, 0.717) is 6.42 Å². The van der Waals surface area contributed by atoms with E-state index in [1.807, 2.05) is 0 Å². The Morgan fingerprint density at radius 3 is 2.08 bits per heavy atom. The molecule has 1 N–H and O–H groups in total. The van der Waals surface area contributed by atoms with E-state index in [1.165, 1.54) is 0 Å². The van der Waals surface area contributed by atoms with Gasteiger partial charge in [-0.15, -0.1) is 0 Å². The Morgan fingerprint density at radius 1 is 1.38 bits per heavy atom. The minimum absolute atomic E-state index is 0.166. The summed E-state index contributed by atoms with van der Waals surface area (Å²) in [6, 6.07) is 0. The molecule has 0 aromatic heterocycles. The largest absolute Gasteiger partial charge is 0.324 e. The van der Waals surface area contributed by atoms with E-state index in [-0.39, 0.29) is 17.7 Å². The Balaban J connectivity index is 4.36. The first-order chi connectivity index (χ1) is 5.83. The molecule has 0 saturated carbocycles. The number of hydrogen-bond donors (Lipinski definition) is 1. The number of halogens is 1. The molecule has 1 atom stereocenters. The molecule has 0 aromatic carbocycles. The molecule has 1 amide bonds. The van der Waals surface area contributed by atoms with Crippen molar-refractivity contribution in [2.75, 3.05) is 0 Å². The van der Waals surface area contributed by atoms with Crippen molar-refractivity contribution in [2.45, 2.75) is 46.8 Å². The second-order valence-corrected chi connectivity index (χ2v) is 4.01. The molecule has 13 heavy (non-hydrogen) atoms. The molecule has 0 aliphatic carbocycles. The smallest absolute Gasteiger partial charge is 0.224 e. The number of rotatable bonds is 4. The summed E-state index contributed by atoms with van der Waals surface area (Å²) < 4.78 is 13.9. The predicted molar refractivity (Wildman–Crippen MR) is 51.9 cm³/mol. The third-order valence-corrected chi connectivity index (χ3v) is 2.29. The van der Waals surface area contributed by atoms with E-state index in [9.17, 15) is 9.18 Å². The second kappa shape index (κ2) is 4.58. The highest BCUT2D eigenvalue weighted by atomic mass is 19.1. The standard InChI is InChI=1S/C10H20FNO/c1-6-10(11,8(4)5)12-9(13)7(2)3/h7-8H,6H2,1-5H3,(H,12,13)/t10-/m1/s1. The SMILES string of the molecule is CC[C@@](F)(NC(=O)C(C)C)C(C)C. The number of hydrogen-bond acceptors (Lipinski definition) is 1. The third-order valence-electron chi connectivity index (χ3n) is 2.29. The summed E-state index contributed by atoms with van der Waals surface area (Å²) in [6.45, 7) is 8.78. The van der Waals surface area contributed by atoms with Crippen LogP contribution in [0.5, 0.6) is 0 Å². The fraction of sp³-hybridized carbons (Fsp3) is 0.900. The topological polar surface area (TPSA) is 29.1 Å². The van der Waals surface area contributed by atoms with Gasteiger partial charge >= 0.3 is 0 Å². The van der Waals surface area contributed by atoms with E-state index >= 15 is 0 Å². The van der Waals surface area contributed by atoms with Crippen LogP contribution in [0.25, 0.3) is 0 Å². The van der Waals surface area contributed by atoms with Crippen molar-refractivity contribution in [3.05, 3.63) is 0 Å². The minimum atomic E-state index is -1.55. The monoisotopic (exact) mass is 189 g/mol. The van der Waals surface area contributed by atoms with Gasteiger partial charge in [0.2, 0.25) is 5.91 Å². The van der Waals surface area contributed by atoms with Gasteiger partial charge in [-0.2, -0.15) is 0 Å². The fourth-order valence-electron chi connectivity index (χ4n) is 0.990. The van der Waals surface area contributed by atoms with E-state index in [4.69, 9.17) is 0 Å². The molecule has 78 valence electrons. The van der Waals surface area contributed by atoms with Gasteiger partial charge in [-0.05, 0) is 6.42 Å². The number of carbonyl (C=O) groups is 1. The van der Waals surface area contributed by atoms with Gasteiger partial charge in [0.05, 0.1) is 0 Å². The average molecular weight is 189 g/mol. The lowest BCUT2D eigenvalue weighted by Gasteiger charge is -2.29. The van der Waals surface area contributed by atoms with E-state index < -0.39 is 5.79 Å². The van der Waals surface area contributed by atoms with Crippen molar-refractivity contribution in [1.82, 2.24) is 5.32 Å². The molecule has 0 spiro atoms. The lowest BCUT2D eigenvalue weighted by atomic mass is 9.98. The number of amides is 1. The zero-order valence-corrected chi connectivity index (χ0v) is 9.15. The zero-order chi connectivity index (χ0) is 10.6. The van der Waals surface area contributed by atoms with Gasteiger partial charge in [0.1, 0.15) is 0 Å². The van der Waals surface area contributed by atoms with E-state index in [1.54, 1.807) is 34.6 Å². The highest BCUT2D eigenvalue weighted by Gasteiger charge is 2.33. The van der Waals surface area contributed by atoms with Crippen LogP contribution in [0.2, 0.25) is 0 Å². The maximum Gasteiger partial charge on any atom is 0.224 e. The van der Waals surface area contributed by atoms with Crippen molar-refractivity contribution in [3.63, 3.8) is 0 Å². The summed E-state index contributed by atoms with van der Waals surface area (Å²) >= 11 is 0. The maximum atomic E-state index is 13.9. The Kier molecular flexibility index (Phi) is 4.37. The highest BCUT2D eigenvalue weighted by molar-refractivity contribution is 5.78. The number of alkyl halides is 1. The van der Waals surface area contributed by atoms with Crippen LogP contribution in [0, 0.1) is 11.8 Å². The zero-order valence-electron chi connectivity index (χ0n) is 9.15. The summed E-state index contributed by atoms with van der Waals surface area (Å²) in [5.41, 5.74) is 0. The van der Waals surface area contributed by atoms with Crippen LogP contribution in [-0.4, -0.2) is 11.7 Å². The number of nitrogens with one attached hydrogen (secondary N) is 1. The molecular weight excluding hydrogens is 169 g/mol. The van der Waals surface area contributed by atoms with Crippen molar-refractivity contribution in [3.8, 4) is 0 Å². The third kappa shape index (κ3) is 3.33. The second-order valence-electron chi connectivity index (χ2n) is 4.01. The quantitative estimate of drug-likeness (QED) is 0.676. The molecule has 0 radical (unpaired) electrons. The fourth-order valence-corrected chi connectivity index (χ4v) is 0.990. The lowest BCUT2D eigenvalue weighted by molar-refractivity contribution is -0.130. The minimum Gasteiger partial charge on any atom is -0.324 e. The summed E-state index contributed by atoms with van der Waals surface area (Å²) in [5, 5.41) is 2.44. The van der Waals surface area contributed by atoms with Gasteiger partial charge in [-0.1, -0.05) is 34.6 Å². The van der Waals surface area contributed by atoms with Crippen LogP contribution in [0.4, 0.5) is 4.39 Å². The van der Waals surface area contributed by atoms with E-state index in [0.717, 1.165) is 0 Å². The summed E-state index contributed by atoms with van der Waals surface area (Å²) in [7, 11) is 0. The van der Waals surface area contributed by atoms with Crippen molar-refractivity contribution in [2.24, 2.45) is 11.8 Å². The Morgan fingerprint density at radius 2 is 1.85 bits per heavy atom. The Labute approximate surface area is 79.9 Å². The van der Waals surface area contributed by atoms with Crippen LogP contribution in [-0.2, 0) is 4.79 Å². The van der Waals surface area contributed by atoms with Crippen LogP contribution >= 0.6 is 0 Å². The molecule has 0 bridgehead atoms. The van der Waals surface area contributed by atoms with Gasteiger partial charge in [0.15, 0.2) is 5.79 Å². The first-order valence-electron chi connectivity index (χ1n) is 4.84. The van der Waals surface area contributed by atoms with Crippen molar-refractivity contribution >= 4 is 5.91 Å². The maximum absolute atomic E-state index is 13.9. The van der Waals surface area contributed by atoms with Crippen LogP contribution < -0.4 is 5.32 Å². The van der Waals surface area contributed by atoms with Crippen molar-refractivity contribution in [1.29, 1.82) is 0 Å². The molecule has 0 saturated heterocycles. The average Bonchev–Trinajstić information content (AvgIpc) is 2.03. The lowest BCUT2D eigenvalue weighted by Crippen LogP contribution is -2.49. The molecule has 0 rings (SSSR count). The Bertz CT molecular complexity index is 180. The van der Waals surface area contributed by atoms with Crippen LogP contribution in [0.15, 0.2) is 0 Å².